The van der Waals surface area contributed by atoms with E-state index in [4.69, 9.17) is 4.74 Å². The Morgan fingerprint density at radius 3 is 2.70 bits per heavy atom. The molecule has 1 aromatic heterocycles. The minimum atomic E-state index is -0.399. The molecule has 0 aromatic carbocycles. The Morgan fingerprint density at radius 2 is 2.10 bits per heavy atom. The third-order valence-electron chi connectivity index (χ3n) is 3.47. The van der Waals surface area contributed by atoms with E-state index in [2.05, 4.69) is 24.0 Å². The average Bonchev–Trinajstić information content (AvgIpc) is 2.96. The van der Waals surface area contributed by atoms with Gasteiger partial charge in [-0.2, -0.15) is 0 Å². The smallest absolute Gasteiger partial charge is 0.323 e. The fourth-order valence-corrected chi connectivity index (χ4v) is 3.53. The molecule has 1 aromatic rings. The number of thiophene rings is 1. The van der Waals surface area contributed by atoms with Gasteiger partial charge in [0.05, 0.1) is 0 Å². The van der Waals surface area contributed by atoms with Crippen LogP contribution in [0, 0.1) is 0 Å². The Kier molecular flexibility index (Phi) is 4.86. The van der Waals surface area contributed by atoms with Crippen LogP contribution in [0.5, 0.6) is 0 Å². The van der Waals surface area contributed by atoms with Crippen LogP contribution >= 0.6 is 11.3 Å². The molecule has 1 atom stereocenters. The molecule has 112 valence electrons. The summed E-state index contributed by atoms with van der Waals surface area (Å²) >= 11 is 1.85. The normalized spacial score (nSPS) is 20.3. The van der Waals surface area contributed by atoms with Crippen LogP contribution in [0.4, 0.5) is 0 Å². The molecule has 0 amide bonds. The summed E-state index contributed by atoms with van der Waals surface area (Å²) in [5.41, 5.74) is -0.399. The second-order valence-corrected chi connectivity index (χ2v) is 7.64. The maximum atomic E-state index is 12.3. The lowest BCUT2D eigenvalue weighted by Gasteiger charge is -2.27. The molecule has 2 rings (SSSR count). The molecule has 4 heteroatoms. The number of carbonyl (C=O) groups excluding carboxylic acids is 1. The lowest BCUT2D eigenvalue weighted by Crippen LogP contribution is -2.39. The van der Waals surface area contributed by atoms with E-state index >= 15 is 0 Å². The van der Waals surface area contributed by atoms with Gasteiger partial charge in [0.2, 0.25) is 0 Å². The SMILES string of the molecule is CCc1ccc(CN2CCC[C@@H]2C(=O)OC(C)(C)C)s1. The van der Waals surface area contributed by atoms with Crippen molar-refractivity contribution in [1.82, 2.24) is 4.90 Å². The predicted molar refractivity (Wildman–Crippen MR) is 83.0 cm³/mol. The van der Waals surface area contributed by atoms with Crippen molar-refractivity contribution in [3.63, 3.8) is 0 Å². The van der Waals surface area contributed by atoms with Crippen molar-refractivity contribution in [2.45, 2.75) is 65.1 Å². The van der Waals surface area contributed by atoms with Crippen molar-refractivity contribution in [2.75, 3.05) is 6.54 Å². The van der Waals surface area contributed by atoms with Crippen LogP contribution in [0.3, 0.4) is 0 Å². The fraction of sp³-hybridized carbons (Fsp3) is 0.688. The summed E-state index contributed by atoms with van der Waals surface area (Å²) in [6.45, 7) is 9.82. The van der Waals surface area contributed by atoms with Gasteiger partial charge in [-0.3, -0.25) is 9.69 Å². The number of esters is 1. The van der Waals surface area contributed by atoms with Crippen LogP contribution in [0.2, 0.25) is 0 Å². The van der Waals surface area contributed by atoms with Crippen molar-refractivity contribution in [1.29, 1.82) is 0 Å². The number of hydrogen-bond donors (Lipinski definition) is 0. The van der Waals surface area contributed by atoms with Gasteiger partial charge in [-0.05, 0) is 58.7 Å². The third-order valence-corrected chi connectivity index (χ3v) is 4.68. The molecular weight excluding hydrogens is 270 g/mol. The van der Waals surface area contributed by atoms with Gasteiger partial charge in [0.1, 0.15) is 11.6 Å². The topological polar surface area (TPSA) is 29.5 Å². The van der Waals surface area contributed by atoms with Gasteiger partial charge < -0.3 is 4.74 Å². The number of hydrogen-bond acceptors (Lipinski definition) is 4. The zero-order valence-corrected chi connectivity index (χ0v) is 13.8. The van der Waals surface area contributed by atoms with Crippen LogP contribution in [0.1, 0.15) is 50.3 Å². The molecular formula is C16H25NO2S. The van der Waals surface area contributed by atoms with Crippen LogP contribution < -0.4 is 0 Å². The van der Waals surface area contributed by atoms with Gasteiger partial charge in [-0.1, -0.05) is 6.92 Å². The number of carbonyl (C=O) groups is 1. The zero-order valence-electron chi connectivity index (χ0n) is 12.9. The monoisotopic (exact) mass is 295 g/mol. The predicted octanol–water partition coefficient (Wildman–Crippen LogP) is 3.62. The van der Waals surface area contributed by atoms with E-state index in [9.17, 15) is 4.79 Å². The first-order valence-corrected chi connectivity index (χ1v) is 8.25. The summed E-state index contributed by atoms with van der Waals surface area (Å²) in [7, 11) is 0. The lowest BCUT2D eigenvalue weighted by molar-refractivity contribution is -0.160. The number of likely N-dealkylation sites (tertiary alicyclic amines) is 1. The Labute approximate surface area is 125 Å². The molecule has 1 aliphatic rings. The summed E-state index contributed by atoms with van der Waals surface area (Å²) in [6.07, 6.45) is 3.08. The Balaban J connectivity index is 1.98. The van der Waals surface area contributed by atoms with E-state index in [1.807, 2.05) is 32.1 Å². The van der Waals surface area contributed by atoms with Crippen molar-refractivity contribution in [3.05, 3.63) is 21.9 Å². The number of rotatable bonds is 4. The van der Waals surface area contributed by atoms with Crippen molar-refractivity contribution >= 4 is 17.3 Å². The third kappa shape index (κ3) is 4.06. The van der Waals surface area contributed by atoms with Crippen LogP contribution in [-0.2, 0) is 22.5 Å². The van der Waals surface area contributed by atoms with E-state index in [1.165, 1.54) is 9.75 Å². The van der Waals surface area contributed by atoms with Crippen molar-refractivity contribution in [2.24, 2.45) is 0 Å². The Morgan fingerprint density at radius 1 is 1.40 bits per heavy atom. The number of ether oxygens (including phenoxy) is 1. The van der Waals surface area contributed by atoms with Crippen molar-refractivity contribution < 1.29 is 9.53 Å². The van der Waals surface area contributed by atoms with Gasteiger partial charge >= 0.3 is 5.97 Å². The van der Waals surface area contributed by atoms with Crippen LogP contribution in [-0.4, -0.2) is 29.1 Å². The molecule has 0 saturated carbocycles. The second kappa shape index (κ2) is 6.27. The molecule has 0 unspecified atom stereocenters. The summed E-state index contributed by atoms with van der Waals surface area (Å²) in [4.78, 5) is 17.3. The number of aryl methyl sites for hydroxylation is 1. The average molecular weight is 295 g/mol. The minimum Gasteiger partial charge on any atom is -0.459 e. The van der Waals surface area contributed by atoms with Gasteiger partial charge in [0.15, 0.2) is 0 Å². The highest BCUT2D eigenvalue weighted by Gasteiger charge is 2.34. The van der Waals surface area contributed by atoms with E-state index in [-0.39, 0.29) is 12.0 Å². The van der Waals surface area contributed by atoms with Crippen LogP contribution in [0.25, 0.3) is 0 Å². The summed E-state index contributed by atoms with van der Waals surface area (Å²) in [5, 5.41) is 0. The molecule has 20 heavy (non-hydrogen) atoms. The van der Waals surface area contributed by atoms with E-state index in [0.29, 0.717) is 0 Å². The molecule has 0 spiro atoms. The molecule has 0 N–H and O–H groups in total. The second-order valence-electron chi connectivity index (χ2n) is 6.38. The highest BCUT2D eigenvalue weighted by molar-refractivity contribution is 7.11. The van der Waals surface area contributed by atoms with Crippen LogP contribution in [0.15, 0.2) is 12.1 Å². The summed E-state index contributed by atoms with van der Waals surface area (Å²) in [6, 6.07) is 4.31. The fourth-order valence-electron chi connectivity index (χ4n) is 2.55. The molecule has 0 bridgehead atoms. The van der Waals surface area contributed by atoms with Gasteiger partial charge in [0, 0.05) is 16.3 Å². The van der Waals surface area contributed by atoms with Gasteiger partial charge in [0.25, 0.3) is 0 Å². The first-order valence-electron chi connectivity index (χ1n) is 7.43. The first kappa shape index (κ1) is 15.5. The molecule has 0 aliphatic carbocycles. The van der Waals surface area contributed by atoms with Gasteiger partial charge in [-0.15, -0.1) is 11.3 Å². The molecule has 2 heterocycles. The van der Waals surface area contributed by atoms with Gasteiger partial charge in [-0.25, -0.2) is 0 Å². The van der Waals surface area contributed by atoms with Crippen molar-refractivity contribution in [3.8, 4) is 0 Å². The molecule has 1 fully saturated rings. The summed E-state index contributed by atoms with van der Waals surface area (Å²) in [5.74, 6) is -0.0673. The molecule has 1 saturated heterocycles. The molecule has 1 aliphatic heterocycles. The largest absolute Gasteiger partial charge is 0.459 e. The zero-order chi connectivity index (χ0) is 14.8. The Hall–Kier alpha value is -0.870. The standard InChI is InChI=1S/C16H25NO2S/c1-5-12-8-9-13(20-12)11-17-10-6-7-14(17)15(18)19-16(2,3)4/h8-9,14H,5-7,10-11H2,1-4H3/t14-/m1/s1. The molecule has 3 nitrogen and oxygen atoms in total. The quantitative estimate of drug-likeness (QED) is 0.795. The maximum absolute atomic E-state index is 12.3. The van der Waals surface area contributed by atoms with E-state index in [1.54, 1.807) is 0 Å². The highest BCUT2D eigenvalue weighted by atomic mass is 32.1. The lowest BCUT2D eigenvalue weighted by atomic mass is 10.1. The van der Waals surface area contributed by atoms with E-state index < -0.39 is 5.60 Å². The Bertz CT molecular complexity index is 461. The number of nitrogens with zero attached hydrogens (tertiary/aromatic N) is 1. The minimum absolute atomic E-state index is 0.0673. The first-order chi connectivity index (χ1) is 9.39. The maximum Gasteiger partial charge on any atom is 0.323 e. The van der Waals surface area contributed by atoms with E-state index in [0.717, 1.165) is 32.4 Å². The molecule has 0 radical (unpaired) electrons. The highest BCUT2D eigenvalue weighted by Crippen LogP contribution is 2.26. The summed E-state index contributed by atoms with van der Waals surface area (Å²) < 4.78 is 5.54.